The van der Waals surface area contributed by atoms with E-state index in [2.05, 4.69) is 15.9 Å². The van der Waals surface area contributed by atoms with Gasteiger partial charge in [0.2, 0.25) is 29.0 Å². The Kier molecular flexibility index (Phi) is 4.53. The van der Waals surface area contributed by atoms with Gasteiger partial charge in [0.05, 0.1) is 23.6 Å². The number of Topliss-reactive ketones (excluding diaryl/α,β-unsaturated/α-hetero) is 2. The van der Waals surface area contributed by atoms with Crippen molar-refractivity contribution in [3.8, 4) is 0 Å². The van der Waals surface area contributed by atoms with E-state index in [0.29, 0.717) is 11.3 Å². The summed E-state index contributed by atoms with van der Waals surface area (Å²) >= 11 is 3.36. The highest BCUT2D eigenvalue weighted by Gasteiger charge is 2.74. The van der Waals surface area contributed by atoms with Gasteiger partial charge in [-0.3, -0.25) is 19.2 Å². The van der Waals surface area contributed by atoms with E-state index < -0.39 is 46.9 Å². The Morgan fingerprint density at radius 2 is 1.47 bits per heavy atom. The molecule has 0 saturated carbocycles. The van der Waals surface area contributed by atoms with Crippen LogP contribution in [-0.4, -0.2) is 29.0 Å². The Bertz CT molecular complexity index is 1380. The number of aryl methyl sites for hydroxylation is 1. The summed E-state index contributed by atoms with van der Waals surface area (Å²) in [5.41, 5.74) is 0.368. The predicted molar refractivity (Wildman–Crippen MR) is 126 cm³/mol. The number of ketones is 2. The Hall–Kier alpha value is -3.42. The first-order valence-electron chi connectivity index (χ1n) is 10.9. The number of anilines is 1. The van der Waals surface area contributed by atoms with Crippen LogP contribution in [0.15, 0.2) is 77.3 Å². The lowest BCUT2D eigenvalue weighted by Crippen LogP contribution is -2.51. The van der Waals surface area contributed by atoms with Crippen LogP contribution in [0.1, 0.15) is 37.9 Å². The summed E-state index contributed by atoms with van der Waals surface area (Å²) in [5.74, 6) is -4.44. The van der Waals surface area contributed by atoms with Gasteiger partial charge in [0.25, 0.3) is 0 Å². The number of ether oxygens (including phenoxy) is 1. The molecule has 6 nitrogen and oxygen atoms in total. The SMILES string of the molecule is Cc1cccc([C@@H]2OC3(C(=O)c4ccccc4C3=O)[C@@H]3C(=O)N(c4ccc(Br)cc4)C(=O)[C@H]32)c1. The van der Waals surface area contributed by atoms with Crippen molar-refractivity contribution in [3.63, 3.8) is 0 Å². The second-order valence-electron chi connectivity index (χ2n) is 8.88. The quantitative estimate of drug-likeness (QED) is 0.372. The first-order chi connectivity index (χ1) is 16.3. The van der Waals surface area contributed by atoms with Crippen LogP contribution in [0.5, 0.6) is 0 Å². The van der Waals surface area contributed by atoms with Crippen LogP contribution in [0.25, 0.3) is 0 Å². The highest BCUT2D eigenvalue weighted by atomic mass is 79.9. The molecule has 7 heteroatoms. The minimum absolute atomic E-state index is 0.221. The van der Waals surface area contributed by atoms with Crippen LogP contribution in [-0.2, 0) is 14.3 Å². The zero-order valence-corrected chi connectivity index (χ0v) is 19.6. The van der Waals surface area contributed by atoms with Crippen molar-refractivity contribution in [2.24, 2.45) is 11.8 Å². The lowest BCUT2D eigenvalue weighted by molar-refractivity contribution is -0.127. The molecule has 6 rings (SSSR count). The molecule has 168 valence electrons. The van der Waals surface area contributed by atoms with Crippen LogP contribution in [0, 0.1) is 18.8 Å². The number of rotatable bonds is 2. The Balaban J connectivity index is 1.55. The second-order valence-corrected chi connectivity index (χ2v) is 9.80. The van der Waals surface area contributed by atoms with Crippen LogP contribution < -0.4 is 4.90 Å². The van der Waals surface area contributed by atoms with Crippen LogP contribution in [0.2, 0.25) is 0 Å². The van der Waals surface area contributed by atoms with Gasteiger partial charge in [-0.15, -0.1) is 0 Å². The number of nitrogens with zero attached hydrogens (tertiary/aromatic N) is 1. The van der Waals surface area contributed by atoms with E-state index in [1.165, 1.54) is 0 Å². The Morgan fingerprint density at radius 3 is 2.09 bits per heavy atom. The van der Waals surface area contributed by atoms with Crippen molar-refractivity contribution in [1.29, 1.82) is 0 Å². The Morgan fingerprint density at radius 1 is 0.824 bits per heavy atom. The third-order valence-corrected chi connectivity index (χ3v) is 7.50. The number of hydrogen-bond acceptors (Lipinski definition) is 5. The summed E-state index contributed by atoms with van der Waals surface area (Å²) in [6, 6.07) is 20.6. The molecular weight excluding hydrogens is 498 g/mol. The molecule has 3 aliphatic rings. The number of carbonyl (C=O) groups excluding carboxylic acids is 4. The molecule has 34 heavy (non-hydrogen) atoms. The standard InChI is InChI=1S/C27H18BrNO5/c1-14-5-4-6-15(13-14)22-20-21(26(33)29(25(20)32)17-11-9-16(28)10-12-17)27(34-22)23(30)18-7-2-3-8-19(18)24(27)31/h2-13,20-22H,1H3/t20-,21+,22+/m1/s1. The normalized spacial score (nSPS) is 24.8. The summed E-state index contributed by atoms with van der Waals surface area (Å²) in [5, 5.41) is 0. The fraction of sp³-hybridized carbons (Fsp3) is 0.185. The average molecular weight is 516 g/mol. The molecule has 0 unspecified atom stereocenters. The zero-order chi connectivity index (χ0) is 23.8. The lowest BCUT2D eigenvalue weighted by atomic mass is 9.77. The average Bonchev–Trinajstić information content (AvgIpc) is 3.40. The van der Waals surface area contributed by atoms with Crippen molar-refractivity contribution in [2.45, 2.75) is 18.6 Å². The minimum atomic E-state index is -2.06. The molecule has 2 fully saturated rings. The summed E-state index contributed by atoms with van der Waals surface area (Å²) < 4.78 is 7.09. The van der Waals surface area contributed by atoms with E-state index >= 15 is 0 Å². The number of fused-ring (bicyclic) bond motifs is 3. The molecule has 1 aliphatic carbocycles. The van der Waals surface area contributed by atoms with Crippen molar-refractivity contribution < 1.29 is 23.9 Å². The van der Waals surface area contributed by atoms with E-state index in [4.69, 9.17) is 4.74 Å². The Labute approximate surface area is 203 Å². The summed E-state index contributed by atoms with van der Waals surface area (Å²) in [4.78, 5) is 56.2. The lowest BCUT2D eigenvalue weighted by Gasteiger charge is -2.27. The molecule has 0 N–H and O–H groups in total. The number of hydrogen-bond donors (Lipinski definition) is 0. The van der Waals surface area contributed by atoms with Gasteiger partial charge in [-0.2, -0.15) is 0 Å². The third kappa shape index (κ3) is 2.65. The fourth-order valence-electron chi connectivity index (χ4n) is 5.51. The number of halogens is 1. The number of amides is 2. The molecule has 2 aliphatic heterocycles. The van der Waals surface area contributed by atoms with Gasteiger partial charge in [-0.1, -0.05) is 70.0 Å². The van der Waals surface area contributed by atoms with Gasteiger partial charge in [0, 0.05) is 15.6 Å². The molecule has 0 radical (unpaired) electrons. The highest BCUT2D eigenvalue weighted by molar-refractivity contribution is 9.10. The zero-order valence-electron chi connectivity index (χ0n) is 18.0. The van der Waals surface area contributed by atoms with Gasteiger partial charge in [0.1, 0.15) is 0 Å². The first kappa shape index (κ1) is 21.1. The molecule has 2 heterocycles. The van der Waals surface area contributed by atoms with Gasteiger partial charge in [0.15, 0.2) is 0 Å². The largest absolute Gasteiger partial charge is 0.349 e. The van der Waals surface area contributed by atoms with E-state index in [1.54, 1.807) is 54.6 Å². The summed E-state index contributed by atoms with van der Waals surface area (Å²) in [6.07, 6.45) is -0.913. The first-order valence-corrected chi connectivity index (χ1v) is 11.7. The molecule has 3 atom stereocenters. The predicted octanol–water partition coefficient (Wildman–Crippen LogP) is 4.45. The van der Waals surface area contributed by atoms with E-state index in [1.807, 2.05) is 25.1 Å². The van der Waals surface area contributed by atoms with Gasteiger partial charge in [-0.25, -0.2) is 4.90 Å². The van der Waals surface area contributed by atoms with Crippen LogP contribution in [0.4, 0.5) is 5.69 Å². The van der Waals surface area contributed by atoms with Crippen molar-refractivity contribution in [1.82, 2.24) is 0 Å². The molecule has 2 saturated heterocycles. The van der Waals surface area contributed by atoms with E-state index in [9.17, 15) is 19.2 Å². The highest BCUT2D eigenvalue weighted by Crippen LogP contribution is 2.57. The summed E-state index contributed by atoms with van der Waals surface area (Å²) in [6.45, 7) is 1.91. The molecule has 3 aromatic carbocycles. The maximum Gasteiger partial charge on any atom is 0.241 e. The summed E-state index contributed by atoms with van der Waals surface area (Å²) in [7, 11) is 0. The maximum atomic E-state index is 13.8. The van der Waals surface area contributed by atoms with Crippen LogP contribution in [0.3, 0.4) is 0 Å². The van der Waals surface area contributed by atoms with Crippen molar-refractivity contribution in [2.75, 3.05) is 4.90 Å². The smallest absolute Gasteiger partial charge is 0.241 e. The number of benzene rings is 3. The minimum Gasteiger partial charge on any atom is -0.349 e. The third-order valence-electron chi connectivity index (χ3n) is 6.97. The maximum absolute atomic E-state index is 13.8. The topological polar surface area (TPSA) is 80.8 Å². The molecule has 2 amide bonds. The second kappa shape index (κ2) is 7.29. The molecule has 0 aromatic heterocycles. The van der Waals surface area contributed by atoms with Crippen molar-refractivity contribution >= 4 is 45.0 Å². The van der Waals surface area contributed by atoms with Crippen molar-refractivity contribution in [3.05, 3.63) is 99.5 Å². The van der Waals surface area contributed by atoms with Gasteiger partial charge < -0.3 is 4.74 Å². The van der Waals surface area contributed by atoms with Gasteiger partial charge >= 0.3 is 0 Å². The van der Waals surface area contributed by atoms with Gasteiger partial charge in [-0.05, 0) is 36.8 Å². The number of carbonyl (C=O) groups is 4. The van der Waals surface area contributed by atoms with E-state index in [-0.39, 0.29) is 11.1 Å². The van der Waals surface area contributed by atoms with Crippen LogP contribution >= 0.6 is 15.9 Å². The molecule has 0 bridgehead atoms. The molecular formula is C27H18BrNO5. The molecule has 3 aromatic rings. The monoisotopic (exact) mass is 515 g/mol. The van der Waals surface area contributed by atoms with E-state index in [0.717, 1.165) is 14.9 Å². The number of imide groups is 1. The fourth-order valence-corrected chi connectivity index (χ4v) is 5.77. The molecule has 1 spiro atoms.